The van der Waals surface area contributed by atoms with E-state index in [2.05, 4.69) is 15.8 Å². The van der Waals surface area contributed by atoms with Gasteiger partial charge in [0, 0.05) is 11.3 Å². The first-order valence-electron chi connectivity index (χ1n) is 10.6. The van der Waals surface area contributed by atoms with E-state index in [9.17, 15) is 9.59 Å². The Kier molecular flexibility index (Phi) is 8.18. The number of hydrazone groups is 1. The number of hydrogen-bond donors (Lipinski definition) is 2. The summed E-state index contributed by atoms with van der Waals surface area (Å²) in [6.45, 7) is 6.14. The number of hydrogen-bond acceptors (Lipinski definition) is 5. The second-order valence-electron chi connectivity index (χ2n) is 7.34. The Bertz CT molecular complexity index is 1140. The van der Waals surface area contributed by atoms with Crippen LogP contribution in [0.1, 0.15) is 34.0 Å². The van der Waals surface area contributed by atoms with Gasteiger partial charge in [0.1, 0.15) is 0 Å². The van der Waals surface area contributed by atoms with Crippen molar-refractivity contribution in [3.63, 3.8) is 0 Å². The lowest BCUT2D eigenvalue weighted by molar-refractivity contribution is -0.118. The molecule has 0 radical (unpaired) electrons. The monoisotopic (exact) mass is 445 g/mol. The number of carbonyl (C=O) groups is 2. The van der Waals surface area contributed by atoms with E-state index in [1.54, 1.807) is 42.5 Å². The molecule has 33 heavy (non-hydrogen) atoms. The molecule has 0 aliphatic rings. The number of nitrogens with one attached hydrogen (secondary N) is 2. The smallest absolute Gasteiger partial charge is 0.271 e. The summed E-state index contributed by atoms with van der Waals surface area (Å²) in [5.41, 5.74) is 6.70. The number of anilines is 1. The Morgan fingerprint density at radius 1 is 0.909 bits per heavy atom. The molecule has 0 saturated carbocycles. The van der Waals surface area contributed by atoms with E-state index in [4.69, 9.17) is 9.47 Å². The van der Waals surface area contributed by atoms with Gasteiger partial charge in [-0.2, -0.15) is 5.10 Å². The summed E-state index contributed by atoms with van der Waals surface area (Å²) in [4.78, 5) is 24.4. The summed E-state index contributed by atoms with van der Waals surface area (Å²) in [7, 11) is 0. The van der Waals surface area contributed by atoms with Gasteiger partial charge in [-0.3, -0.25) is 9.59 Å². The molecule has 0 bridgehead atoms. The zero-order chi connectivity index (χ0) is 23.6. The van der Waals surface area contributed by atoms with Crippen molar-refractivity contribution in [1.82, 2.24) is 5.43 Å². The fraction of sp³-hybridized carbons (Fsp3) is 0.192. The maximum atomic E-state index is 12.3. The highest BCUT2D eigenvalue weighted by atomic mass is 16.5. The van der Waals surface area contributed by atoms with Gasteiger partial charge in [0.15, 0.2) is 18.1 Å². The number of ether oxygens (including phenoxy) is 2. The van der Waals surface area contributed by atoms with E-state index < -0.39 is 0 Å². The molecule has 3 rings (SSSR count). The zero-order valence-electron chi connectivity index (χ0n) is 18.9. The highest BCUT2D eigenvalue weighted by Gasteiger charge is 2.10. The molecule has 0 aliphatic heterocycles. The highest BCUT2D eigenvalue weighted by molar-refractivity contribution is 5.95. The third-order valence-electron chi connectivity index (χ3n) is 4.83. The van der Waals surface area contributed by atoms with Gasteiger partial charge in [0.2, 0.25) is 0 Å². The largest absolute Gasteiger partial charge is 0.490 e. The van der Waals surface area contributed by atoms with Crippen LogP contribution in [-0.2, 0) is 4.79 Å². The Morgan fingerprint density at radius 2 is 1.70 bits per heavy atom. The average Bonchev–Trinajstić information content (AvgIpc) is 2.81. The molecule has 0 spiro atoms. The lowest BCUT2D eigenvalue weighted by atomic mass is 10.1. The first-order valence-corrected chi connectivity index (χ1v) is 10.6. The van der Waals surface area contributed by atoms with Gasteiger partial charge < -0.3 is 14.8 Å². The van der Waals surface area contributed by atoms with Crippen LogP contribution in [0.3, 0.4) is 0 Å². The van der Waals surface area contributed by atoms with Crippen molar-refractivity contribution in [1.29, 1.82) is 0 Å². The van der Waals surface area contributed by atoms with Gasteiger partial charge in [0.05, 0.1) is 12.8 Å². The van der Waals surface area contributed by atoms with E-state index in [0.29, 0.717) is 29.2 Å². The van der Waals surface area contributed by atoms with Crippen LogP contribution < -0.4 is 20.2 Å². The van der Waals surface area contributed by atoms with Crippen molar-refractivity contribution in [3.05, 3.63) is 89.0 Å². The molecule has 0 aliphatic carbocycles. The van der Waals surface area contributed by atoms with Crippen molar-refractivity contribution >= 4 is 23.7 Å². The predicted octanol–water partition coefficient (Wildman–Crippen LogP) is 4.48. The van der Waals surface area contributed by atoms with Crippen molar-refractivity contribution in [2.45, 2.75) is 20.8 Å². The van der Waals surface area contributed by atoms with Crippen molar-refractivity contribution in [3.8, 4) is 11.5 Å². The number of nitrogens with zero attached hydrogens (tertiary/aromatic N) is 1. The molecule has 0 saturated heterocycles. The van der Waals surface area contributed by atoms with Crippen LogP contribution in [0.4, 0.5) is 5.69 Å². The van der Waals surface area contributed by atoms with Crippen LogP contribution in [0.2, 0.25) is 0 Å². The second-order valence-corrected chi connectivity index (χ2v) is 7.34. The second kappa shape index (κ2) is 11.5. The molecule has 7 nitrogen and oxygen atoms in total. The number of aryl methyl sites for hydroxylation is 2. The van der Waals surface area contributed by atoms with Gasteiger partial charge in [-0.05, 0) is 79.9 Å². The Morgan fingerprint density at radius 3 is 2.42 bits per heavy atom. The molecule has 0 unspecified atom stereocenters. The van der Waals surface area contributed by atoms with Gasteiger partial charge >= 0.3 is 0 Å². The summed E-state index contributed by atoms with van der Waals surface area (Å²) in [5, 5.41) is 6.83. The molecule has 7 heteroatoms. The van der Waals surface area contributed by atoms with E-state index in [0.717, 1.165) is 16.8 Å². The predicted molar refractivity (Wildman–Crippen MR) is 129 cm³/mol. The van der Waals surface area contributed by atoms with E-state index in [1.165, 1.54) is 6.21 Å². The van der Waals surface area contributed by atoms with Crippen LogP contribution in [-0.4, -0.2) is 31.2 Å². The van der Waals surface area contributed by atoms with Crippen LogP contribution in [0, 0.1) is 13.8 Å². The minimum absolute atomic E-state index is 0.159. The van der Waals surface area contributed by atoms with E-state index in [1.807, 2.05) is 45.0 Å². The zero-order valence-corrected chi connectivity index (χ0v) is 18.9. The number of benzene rings is 3. The maximum Gasteiger partial charge on any atom is 0.271 e. The Hall–Kier alpha value is -4.13. The molecular formula is C26H27N3O4. The SMILES string of the molecule is CCOc1cc(/C=N/NC(=O)c2ccccc2)ccc1OCC(=O)Nc1ccc(C)c(C)c1. The topological polar surface area (TPSA) is 89.0 Å². The maximum absolute atomic E-state index is 12.3. The molecule has 3 aromatic carbocycles. The van der Waals surface area contributed by atoms with Gasteiger partial charge in [-0.15, -0.1) is 0 Å². The lowest BCUT2D eigenvalue weighted by Gasteiger charge is -2.13. The quantitative estimate of drug-likeness (QED) is 0.375. The normalized spacial score (nSPS) is 10.6. The van der Waals surface area contributed by atoms with E-state index in [-0.39, 0.29) is 18.4 Å². The molecule has 0 heterocycles. The highest BCUT2D eigenvalue weighted by Crippen LogP contribution is 2.28. The molecular weight excluding hydrogens is 418 g/mol. The minimum Gasteiger partial charge on any atom is -0.490 e. The van der Waals surface area contributed by atoms with Gasteiger partial charge in [-0.1, -0.05) is 24.3 Å². The average molecular weight is 446 g/mol. The molecule has 2 N–H and O–H groups in total. The minimum atomic E-state index is -0.299. The van der Waals surface area contributed by atoms with Crippen LogP contribution in [0.15, 0.2) is 71.8 Å². The Balaban J connectivity index is 1.60. The van der Waals surface area contributed by atoms with E-state index >= 15 is 0 Å². The first-order chi connectivity index (χ1) is 16.0. The standard InChI is InChI=1S/C26H27N3O4/c1-4-32-24-15-20(16-27-29-26(31)21-8-6-5-7-9-21)11-13-23(24)33-17-25(30)28-22-12-10-18(2)19(3)14-22/h5-16H,4,17H2,1-3H3,(H,28,30)(H,29,31)/b27-16+. The summed E-state index contributed by atoms with van der Waals surface area (Å²) in [6, 6.07) is 19.8. The van der Waals surface area contributed by atoms with Crippen molar-refractivity contribution in [2.24, 2.45) is 5.10 Å². The molecule has 0 atom stereocenters. The Labute approximate surface area is 193 Å². The van der Waals surface area contributed by atoms with Gasteiger partial charge in [0.25, 0.3) is 11.8 Å². The molecule has 170 valence electrons. The van der Waals surface area contributed by atoms with Gasteiger partial charge in [-0.25, -0.2) is 5.43 Å². The molecule has 2 amide bonds. The fourth-order valence-corrected chi connectivity index (χ4v) is 2.97. The molecule has 0 aromatic heterocycles. The first kappa shape index (κ1) is 23.5. The van der Waals surface area contributed by atoms with Crippen LogP contribution in [0.5, 0.6) is 11.5 Å². The third kappa shape index (κ3) is 6.93. The summed E-state index contributed by atoms with van der Waals surface area (Å²) in [5.74, 6) is 0.356. The lowest BCUT2D eigenvalue weighted by Crippen LogP contribution is -2.20. The fourth-order valence-electron chi connectivity index (χ4n) is 2.97. The number of carbonyl (C=O) groups excluding carboxylic acids is 2. The summed E-state index contributed by atoms with van der Waals surface area (Å²) < 4.78 is 11.3. The van der Waals surface area contributed by atoms with Crippen LogP contribution >= 0.6 is 0 Å². The van der Waals surface area contributed by atoms with Crippen LogP contribution in [0.25, 0.3) is 0 Å². The number of amides is 2. The molecule has 0 fully saturated rings. The summed E-state index contributed by atoms with van der Waals surface area (Å²) in [6.07, 6.45) is 1.51. The van der Waals surface area contributed by atoms with Crippen molar-refractivity contribution in [2.75, 3.05) is 18.5 Å². The number of rotatable bonds is 9. The summed E-state index contributed by atoms with van der Waals surface area (Å²) >= 11 is 0. The third-order valence-corrected chi connectivity index (χ3v) is 4.83. The molecule has 3 aromatic rings. The van der Waals surface area contributed by atoms with Crippen molar-refractivity contribution < 1.29 is 19.1 Å².